The second-order valence-corrected chi connectivity index (χ2v) is 24.8. The van der Waals surface area contributed by atoms with Crippen LogP contribution >= 0.6 is 35.0 Å². The topological polar surface area (TPSA) is 119 Å². The van der Waals surface area contributed by atoms with E-state index in [1.807, 2.05) is 47.2 Å². The Labute approximate surface area is 402 Å². The Morgan fingerprint density at radius 1 is 0.909 bits per heavy atom. The monoisotopic (exact) mass is 999 g/mol. The molecule has 3 aliphatic heterocycles. The summed E-state index contributed by atoms with van der Waals surface area (Å²) in [6.45, 7) is 11.9. The molecule has 3 heterocycles. The van der Waals surface area contributed by atoms with Crippen LogP contribution in [0.5, 0.6) is 0 Å². The highest BCUT2D eigenvalue weighted by Crippen LogP contribution is 2.44. The molecule has 3 saturated heterocycles. The third kappa shape index (κ3) is 11.6. The average molecular weight is 1000 g/mol. The lowest BCUT2D eigenvalue weighted by Gasteiger charge is -2.39. The van der Waals surface area contributed by atoms with Gasteiger partial charge in [0.25, 0.3) is 25.8 Å². The van der Waals surface area contributed by atoms with Crippen LogP contribution in [-0.2, 0) is 19.9 Å². The number of thioether (sulfide) groups is 1. The number of benzene rings is 4. The minimum Gasteiger partial charge on any atom is -0.380 e. The Morgan fingerprint density at radius 2 is 1.62 bits per heavy atom. The van der Waals surface area contributed by atoms with Gasteiger partial charge >= 0.3 is 4.71 Å². The normalized spacial score (nSPS) is 21.8. The third-order valence-electron chi connectivity index (χ3n) is 13.7. The van der Waals surface area contributed by atoms with Gasteiger partial charge in [0, 0.05) is 78.8 Å². The van der Waals surface area contributed by atoms with Gasteiger partial charge in [0.1, 0.15) is 0 Å². The first-order valence-electron chi connectivity index (χ1n) is 22.6. The van der Waals surface area contributed by atoms with Gasteiger partial charge in [-0.05, 0) is 152 Å². The molecule has 4 aromatic carbocycles. The minimum atomic E-state index is -5.60. The Kier molecular flexibility index (Phi) is 14.8. The molecule has 0 radical (unpaired) electrons. The van der Waals surface area contributed by atoms with Gasteiger partial charge in [-0.1, -0.05) is 61.4 Å². The SMILES string of the molecule is CC1(C)CCC(CN2CCN(c3ccc(C(=O)NS(=O)(=O)c4ccc(N[C@H](CCC5CN6CC[C@@H]5C6)CSc5ccccc5)c(S(=O)(=O)C(F)(F)Cl)c4)cc3)CC2)=C(c2ccc(Cl)cc2)C1. The van der Waals surface area contributed by atoms with E-state index in [1.165, 1.54) is 28.8 Å². The van der Waals surface area contributed by atoms with E-state index in [2.05, 4.69) is 46.0 Å². The van der Waals surface area contributed by atoms with Crippen molar-refractivity contribution < 1.29 is 30.4 Å². The Morgan fingerprint density at radius 3 is 2.27 bits per heavy atom. The number of sulfone groups is 1. The molecule has 17 heteroatoms. The van der Waals surface area contributed by atoms with E-state index < -0.39 is 40.3 Å². The van der Waals surface area contributed by atoms with Crippen molar-refractivity contribution in [2.24, 2.45) is 17.3 Å². The van der Waals surface area contributed by atoms with Crippen molar-refractivity contribution in [3.8, 4) is 0 Å². The Bertz CT molecular complexity index is 2630. The highest BCUT2D eigenvalue weighted by atomic mass is 35.5. The highest BCUT2D eigenvalue weighted by Gasteiger charge is 2.46. The predicted molar refractivity (Wildman–Crippen MR) is 262 cm³/mol. The van der Waals surface area contributed by atoms with Crippen LogP contribution in [0.25, 0.3) is 5.57 Å². The summed E-state index contributed by atoms with van der Waals surface area (Å²) in [6, 6.07) is 26.9. The number of carbonyl (C=O) groups is 1. The summed E-state index contributed by atoms with van der Waals surface area (Å²) in [5, 5.41) is 3.90. The van der Waals surface area contributed by atoms with Crippen LogP contribution < -0.4 is 14.9 Å². The highest BCUT2D eigenvalue weighted by molar-refractivity contribution is 7.99. The summed E-state index contributed by atoms with van der Waals surface area (Å²) in [5.74, 6) is 0.588. The lowest BCUT2D eigenvalue weighted by atomic mass is 9.72. The van der Waals surface area contributed by atoms with E-state index in [1.54, 1.807) is 23.9 Å². The zero-order valence-electron chi connectivity index (χ0n) is 37.2. The molecule has 66 heavy (non-hydrogen) atoms. The van der Waals surface area contributed by atoms with Crippen LogP contribution in [0, 0.1) is 17.3 Å². The number of carbonyl (C=O) groups excluding carboxylic acids is 1. The standard InChI is InChI=1S/C49H57Cl2F2N5O5S3/c1-48(2)22-20-38(44(29-48)34-8-13-39(50)14-9-34)32-56-24-26-58(27-25-56)41-16-11-35(12-17-41)47(59)55-66(62,63)43-18-19-45(46(28-43)65(60,61)49(51,52)53)54-40(33-64-42-6-4-3-5-7-42)15-10-36-30-57-23-21-37(36)31-57/h3-9,11-14,16-19,28,36-37,40,54H,10,15,20-27,29-33H2,1-2H3,(H,55,59)/t36?,37-,40-/m1/s1. The minimum absolute atomic E-state index is 0.0484. The molecule has 10 nitrogen and oxygen atoms in total. The van der Waals surface area contributed by atoms with Gasteiger partial charge in [-0.2, -0.15) is 8.78 Å². The number of hydrogen-bond acceptors (Lipinski definition) is 10. The van der Waals surface area contributed by atoms with Crippen LogP contribution in [0.1, 0.15) is 68.3 Å². The van der Waals surface area contributed by atoms with Crippen LogP contribution in [0.2, 0.25) is 5.02 Å². The molecule has 2 N–H and O–H groups in total. The van der Waals surface area contributed by atoms with E-state index in [0.29, 0.717) is 30.1 Å². The van der Waals surface area contributed by atoms with Crippen LogP contribution in [0.3, 0.4) is 0 Å². The van der Waals surface area contributed by atoms with Crippen molar-refractivity contribution in [2.75, 3.05) is 68.3 Å². The van der Waals surface area contributed by atoms with Crippen LogP contribution in [0.15, 0.2) is 117 Å². The van der Waals surface area contributed by atoms with E-state index >= 15 is 0 Å². The van der Waals surface area contributed by atoms with Gasteiger partial charge in [0.05, 0.1) is 15.5 Å². The molecular formula is C49H57Cl2F2N5O5S3. The van der Waals surface area contributed by atoms with Crippen molar-refractivity contribution in [2.45, 2.75) is 77.8 Å². The number of allylic oxidation sites excluding steroid dienone is 1. The van der Waals surface area contributed by atoms with Gasteiger partial charge in [0.2, 0.25) is 0 Å². The lowest BCUT2D eigenvalue weighted by Crippen LogP contribution is -2.47. The number of amides is 1. The zero-order valence-corrected chi connectivity index (χ0v) is 41.2. The van der Waals surface area contributed by atoms with Crippen molar-refractivity contribution in [3.05, 3.63) is 119 Å². The molecule has 0 spiro atoms. The van der Waals surface area contributed by atoms with E-state index in [9.17, 15) is 30.4 Å². The van der Waals surface area contributed by atoms with Gasteiger partial charge in [-0.25, -0.2) is 21.6 Å². The number of halogens is 4. The van der Waals surface area contributed by atoms with Crippen molar-refractivity contribution >= 4 is 77.7 Å². The summed E-state index contributed by atoms with van der Waals surface area (Å²) in [4.78, 5) is 19.9. The maximum Gasteiger partial charge on any atom is 0.427 e. The fraction of sp³-hybridized carbons (Fsp3) is 0.449. The number of anilines is 2. The molecule has 1 amide bonds. The van der Waals surface area contributed by atoms with Gasteiger partial charge in [-0.3, -0.25) is 9.69 Å². The summed E-state index contributed by atoms with van der Waals surface area (Å²) < 4.78 is 80.7. The van der Waals surface area contributed by atoms with Gasteiger partial charge < -0.3 is 15.1 Å². The number of piperidine rings is 1. The summed E-state index contributed by atoms with van der Waals surface area (Å²) >= 11 is 12.9. The van der Waals surface area contributed by atoms with Crippen LogP contribution in [-0.4, -0.2) is 101 Å². The number of nitrogens with zero attached hydrogens (tertiary/aromatic N) is 3. The maximum atomic E-state index is 14.7. The largest absolute Gasteiger partial charge is 0.427 e. The quantitative estimate of drug-likeness (QED) is 0.0782. The summed E-state index contributed by atoms with van der Waals surface area (Å²) in [5.41, 5.74) is 5.05. The molecular weight excluding hydrogens is 944 g/mol. The molecule has 354 valence electrons. The maximum absolute atomic E-state index is 14.7. The first-order chi connectivity index (χ1) is 31.3. The molecule has 0 aromatic heterocycles. The number of piperazine rings is 1. The van der Waals surface area contributed by atoms with Crippen molar-refractivity contribution in [1.29, 1.82) is 0 Å². The smallest absolute Gasteiger partial charge is 0.380 e. The number of fused-ring (bicyclic) bond motifs is 2. The predicted octanol–water partition coefficient (Wildman–Crippen LogP) is 10.1. The number of rotatable bonds is 17. The van der Waals surface area contributed by atoms with E-state index in [-0.39, 0.29) is 22.7 Å². The fourth-order valence-electron chi connectivity index (χ4n) is 9.86. The number of hydrogen-bond donors (Lipinski definition) is 2. The molecule has 4 atom stereocenters. The van der Waals surface area contributed by atoms with Crippen molar-refractivity contribution in [1.82, 2.24) is 14.5 Å². The molecule has 2 unspecified atom stereocenters. The summed E-state index contributed by atoms with van der Waals surface area (Å²) in [7, 11) is -10.3. The molecule has 4 aromatic rings. The molecule has 4 aliphatic rings. The number of alkyl halides is 3. The molecule has 8 rings (SSSR count). The second kappa shape index (κ2) is 20.1. The zero-order chi connectivity index (χ0) is 46.9. The number of sulfonamides is 1. The van der Waals surface area contributed by atoms with E-state index in [4.69, 9.17) is 23.2 Å². The third-order valence-corrected chi connectivity index (χ3v) is 18.5. The molecule has 1 aliphatic carbocycles. The first kappa shape index (κ1) is 48.7. The van der Waals surface area contributed by atoms with E-state index in [0.717, 1.165) is 112 Å². The molecule has 2 bridgehead atoms. The fourth-order valence-corrected chi connectivity index (χ4v) is 13.3. The first-order valence-corrected chi connectivity index (χ1v) is 27.3. The van der Waals surface area contributed by atoms with Crippen molar-refractivity contribution in [3.63, 3.8) is 0 Å². The number of nitrogens with one attached hydrogen (secondary N) is 2. The molecule has 3 fully saturated rings. The average Bonchev–Trinajstić information content (AvgIpc) is 3.92. The second-order valence-electron chi connectivity index (χ2n) is 18.9. The molecule has 0 saturated carbocycles. The van der Waals surface area contributed by atoms with Gasteiger partial charge in [-0.15, -0.1) is 11.8 Å². The Balaban J connectivity index is 0.929. The Hall–Kier alpha value is -3.70. The van der Waals surface area contributed by atoms with Crippen LogP contribution in [0.4, 0.5) is 20.2 Å². The van der Waals surface area contributed by atoms with Gasteiger partial charge in [0.15, 0.2) is 0 Å². The summed E-state index contributed by atoms with van der Waals surface area (Å²) in [6.07, 6.45) is 5.81. The lowest BCUT2D eigenvalue weighted by molar-refractivity contribution is 0.0981.